The number of carbonyl (C=O) groups is 3. The smallest absolute Gasteiger partial charge is 0.407 e. The molecule has 0 aliphatic carbocycles. The Hall–Kier alpha value is -3.80. The predicted octanol–water partition coefficient (Wildman–Crippen LogP) is 4.42. The number of amides is 3. The van der Waals surface area contributed by atoms with Gasteiger partial charge in [0.15, 0.2) is 0 Å². The average molecular weight is 613 g/mol. The van der Waals surface area contributed by atoms with Crippen LogP contribution in [-0.4, -0.2) is 95.3 Å². The number of carboxylic acid groups (broad SMARTS) is 1. The van der Waals surface area contributed by atoms with Crippen LogP contribution in [-0.2, 0) is 21.4 Å². The van der Waals surface area contributed by atoms with E-state index in [-0.39, 0.29) is 42.1 Å². The first-order chi connectivity index (χ1) is 20.8. The minimum absolute atomic E-state index is 0.0249. The number of rotatable bonds is 10. The van der Waals surface area contributed by atoms with Crippen molar-refractivity contribution in [2.24, 2.45) is 11.8 Å². The molecule has 3 heterocycles. The minimum atomic E-state index is -1.15. The van der Waals surface area contributed by atoms with Crippen LogP contribution in [0.15, 0.2) is 24.4 Å². The van der Waals surface area contributed by atoms with Crippen LogP contribution < -0.4 is 10.2 Å². The lowest BCUT2D eigenvalue weighted by Crippen LogP contribution is -2.57. The van der Waals surface area contributed by atoms with E-state index in [2.05, 4.69) is 10.3 Å². The summed E-state index contributed by atoms with van der Waals surface area (Å²) in [5.74, 6) is -0.497. The third kappa shape index (κ3) is 7.64. The molecule has 2 atom stereocenters. The number of aromatic nitrogens is 2. The lowest BCUT2D eigenvalue weighted by Gasteiger charge is -2.42. The van der Waals surface area contributed by atoms with Gasteiger partial charge in [-0.25, -0.2) is 19.2 Å². The molecular formula is C32H45FN6O5. The molecule has 11 nitrogen and oxygen atoms in total. The molecule has 0 radical (unpaired) electrons. The highest BCUT2D eigenvalue weighted by Crippen LogP contribution is 2.33. The zero-order valence-electron chi connectivity index (χ0n) is 26.6. The van der Waals surface area contributed by atoms with E-state index in [4.69, 9.17) is 9.72 Å². The monoisotopic (exact) mass is 612 g/mol. The number of fused-ring (bicyclic) bond motifs is 1. The Bertz CT molecular complexity index is 1360. The molecule has 3 amide bonds. The van der Waals surface area contributed by atoms with Gasteiger partial charge < -0.3 is 29.9 Å². The van der Waals surface area contributed by atoms with E-state index >= 15 is 0 Å². The number of ether oxygens (including phenoxy) is 1. The fourth-order valence-electron chi connectivity index (χ4n) is 5.86. The normalized spacial score (nSPS) is 18.4. The largest absolute Gasteiger partial charge is 0.465 e. The summed E-state index contributed by atoms with van der Waals surface area (Å²) in [6, 6.07) is 3.81. The van der Waals surface area contributed by atoms with Gasteiger partial charge in [0, 0.05) is 63.7 Å². The molecule has 0 saturated carbocycles. The first-order valence-electron chi connectivity index (χ1n) is 15.3. The fourth-order valence-corrected chi connectivity index (χ4v) is 5.86. The molecule has 2 aromatic rings. The molecule has 0 bridgehead atoms. The predicted molar refractivity (Wildman–Crippen MR) is 166 cm³/mol. The Morgan fingerprint density at radius 2 is 1.98 bits per heavy atom. The molecule has 44 heavy (non-hydrogen) atoms. The first-order valence-corrected chi connectivity index (χ1v) is 15.3. The number of benzene rings is 1. The van der Waals surface area contributed by atoms with E-state index in [0.29, 0.717) is 68.4 Å². The average Bonchev–Trinajstić information content (AvgIpc) is 3.39. The standard InChI is InChI=1S/C32H45FN6O5/c1-20(2)17-39(29(41)25-16-35-30(32(3,4)5)36-27(25)34-11-7-13-44-6)24-15-22(18-37(19-24)31(42)43)28(40)38-12-10-21-14-23(33)8-9-26(21)38/h8-9,14,16,20,22,24H,7,10-13,15,17-19H2,1-6H3,(H,42,43)(H,34,35,36)/t22-,24+/m1/s1. The summed E-state index contributed by atoms with van der Waals surface area (Å²) in [6.45, 7) is 11.9. The highest BCUT2D eigenvalue weighted by Gasteiger charge is 2.41. The molecule has 12 heteroatoms. The van der Waals surface area contributed by atoms with Gasteiger partial charge in [-0.2, -0.15) is 0 Å². The zero-order valence-corrected chi connectivity index (χ0v) is 26.6. The van der Waals surface area contributed by atoms with Crippen molar-refractivity contribution in [1.29, 1.82) is 0 Å². The Morgan fingerprint density at radius 1 is 1.23 bits per heavy atom. The number of carbonyl (C=O) groups excluding carboxylic acids is 2. The van der Waals surface area contributed by atoms with Crippen molar-refractivity contribution in [3.63, 3.8) is 0 Å². The molecule has 1 aromatic carbocycles. The summed E-state index contributed by atoms with van der Waals surface area (Å²) < 4.78 is 19.0. The molecule has 1 saturated heterocycles. The summed E-state index contributed by atoms with van der Waals surface area (Å²) in [7, 11) is 1.63. The first kappa shape index (κ1) is 33.1. The molecule has 1 aromatic heterocycles. The maximum absolute atomic E-state index is 14.3. The van der Waals surface area contributed by atoms with Gasteiger partial charge in [0.25, 0.3) is 5.91 Å². The summed E-state index contributed by atoms with van der Waals surface area (Å²) in [5, 5.41) is 13.3. The summed E-state index contributed by atoms with van der Waals surface area (Å²) in [4.78, 5) is 54.3. The van der Waals surface area contributed by atoms with E-state index in [1.165, 1.54) is 17.0 Å². The van der Waals surface area contributed by atoms with Crippen LogP contribution in [0, 0.1) is 17.7 Å². The molecule has 0 spiro atoms. The van der Waals surface area contributed by atoms with Crippen molar-refractivity contribution in [2.45, 2.75) is 65.3 Å². The summed E-state index contributed by atoms with van der Waals surface area (Å²) in [5.41, 5.74) is 1.35. The van der Waals surface area contributed by atoms with Gasteiger partial charge in [-0.1, -0.05) is 34.6 Å². The van der Waals surface area contributed by atoms with E-state index in [1.54, 1.807) is 29.2 Å². The molecule has 2 aliphatic heterocycles. The lowest BCUT2D eigenvalue weighted by atomic mass is 9.91. The highest BCUT2D eigenvalue weighted by atomic mass is 19.1. The van der Waals surface area contributed by atoms with E-state index < -0.39 is 18.1 Å². The number of methoxy groups -OCH3 is 1. The second-order valence-electron chi connectivity index (χ2n) is 13.1. The van der Waals surface area contributed by atoms with Gasteiger partial charge in [0.05, 0.1) is 12.0 Å². The van der Waals surface area contributed by atoms with Crippen molar-refractivity contribution in [3.05, 3.63) is 47.2 Å². The molecule has 1 fully saturated rings. The fraction of sp³-hybridized carbons (Fsp3) is 0.594. The third-order valence-electron chi connectivity index (χ3n) is 8.02. The number of nitrogens with zero attached hydrogens (tertiary/aromatic N) is 5. The van der Waals surface area contributed by atoms with Crippen LogP contribution in [0.1, 0.15) is 69.2 Å². The number of likely N-dealkylation sites (tertiary alicyclic amines) is 1. The molecule has 2 N–H and O–H groups in total. The van der Waals surface area contributed by atoms with Crippen LogP contribution in [0.2, 0.25) is 0 Å². The second kappa shape index (κ2) is 13.9. The van der Waals surface area contributed by atoms with Crippen LogP contribution in [0.5, 0.6) is 0 Å². The highest BCUT2D eigenvalue weighted by molar-refractivity contribution is 5.99. The van der Waals surface area contributed by atoms with Crippen molar-refractivity contribution in [3.8, 4) is 0 Å². The van der Waals surface area contributed by atoms with Gasteiger partial charge >= 0.3 is 6.09 Å². The van der Waals surface area contributed by atoms with Crippen LogP contribution in [0.3, 0.4) is 0 Å². The van der Waals surface area contributed by atoms with Gasteiger partial charge in [0.1, 0.15) is 23.0 Å². The Morgan fingerprint density at radius 3 is 2.64 bits per heavy atom. The molecule has 240 valence electrons. The molecule has 0 unspecified atom stereocenters. The lowest BCUT2D eigenvalue weighted by molar-refractivity contribution is -0.124. The Kier molecular flexibility index (Phi) is 10.4. The maximum Gasteiger partial charge on any atom is 0.407 e. The molecule has 4 rings (SSSR count). The van der Waals surface area contributed by atoms with Crippen molar-refractivity contribution in [1.82, 2.24) is 19.8 Å². The SMILES string of the molecule is COCCCNc1nc(C(C)(C)C)ncc1C(=O)N(CC(C)C)[C@H]1C[C@@H](C(=O)N2CCc3cc(F)ccc32)CN(C(=O)O)C1. The van der Waals surface area contributed by atoms with Gasteiger partial charge in [-0.3, -0.25) is 9.59 Å². The summed E-state index contributed by atoms with van der Waals surface area (Å²) in [6.07, 6.45) is 1.93. The zero-order chi connectivity index (χ0) is 32.2. The third-order valence-corrected chi connectivity index (χ3v) is 8.02. The van der Waals surface area contributed by atoms with Crippen LogP contribution >= 0.6 is 0 Å². The number of hydrogen-bond acceptors (Lipinski definition) is 7. The topological polar surface area (TPSA) is 128 Å². The van der Waals surface area contributed by atoms with Gasteiger partial charge in [-0.05, 0) is 48.9 Å². The quantitative estimate of drug-likeness (QED) is 0.378. The Labute approximate surface area is 258 Å². The van der Waals surface area contributed by atoms with Gasteiger partial charge in [0.2, 0.25) is 5.91 Å². The molecule has 2 aliphatic rings. The van der Waals surface area contributed by atoms with E-state index in [1.807, 2.05) is 34.6 Å². The van der Waals surface area contributed by atoms with Gasteiger partial charge in [-0.15, -0.1) is 0 Å². The number of piperidine rings is 1. The van der Waals surface area contributed by atoms with Crippen molar-refractivity contribution < 1.29 is 28.6 Å². The number of hydrogen-bond donors (Lipinski definition) is 2. The van der Waals surface area contributed by atoms with E-state index in [0.717, 1.165) is 5.56 Å². The van der Waals surface area contributed by atoms with Crippen LogP contribution in [0.4, 0.5) is 20.7 Å². The number of nitrogens with one attached hydrogen (secondary N) is 1. The second-order valence-corrected chi connectivity index (χ2v) is 13.1. The van der Waals surface area contributed by atoms with Crippen LogP contribution in [0.25, 0.3) is 0 Å². The van der Waals surface area contributed by atoms with Crippen molar-refractivity contribution >= 4 is 29.4 Å². The Balaban J connectivity index is 1.66. The maximum atomic E-state index is 14.3. The van der Waals surface area contributed by atoms with Crippen molar-refractivity contribution in [2.75, 3.05) is 56.7 Å². The number of halogens is 1. The number of anilines is 2. The molecular weight excluding hydrogens is 567 g/mol. The van der Waals surface area contributed by atoms with E-state index in [9.17, 15) is 23.9 Å². The summed E-state index contributed by atoms with van der Waals surface area (Å²) >= 11 is 0. The minimum Gasteiger partial charge on any atom is -0.465 e.